The summed E-state index contributed by atoms with van der Waals surface area (Å²) in [6, 6.07) is 12.9. The second-order valence-electron chi connectivity index (χ2n) is 8.07. The van der Waals surface area contributed by atoms with E-state index < -0.39 is 23.5 Å². The van der Waals surface area contributed by atoms with Crippen LogP contribution in [0.1, 0.15) is 33.8 Å². The highest BCUT2D eigenvalue weighted by atomic mass is 32.2. The molecule has 2 aromatic carbocycles. The van der Waals surface area contributed by atoms with Crippen LogP contribution < -0.4 is 9.64 Å². The number of ketones is 1. The van der Waals surface area contributed by atoms with Crippen molar-refractivity contribution in [2.45, 2.75) is 23.1 Å². The van der Waals surface area contributed by atoms with Crippen LogP contribution in [0.4, 0.5) is 9.52 Å². The van der Waals surface area contributed by atoms with E-state index in [9.17, 15) is 24.2 Å². The summed E-state index contributed by atoms with van der Waals surface area (Å²) >= 11 is 3.69. The van der Waals surface area contributed by atoms with Crippen LogP contribution in [-0.4, -0.2) is 38.7 Å². The minimum absolute atomic E-state index is 0.0960. The number of thioether (sulfide) groups is 1. The van der Waals surface area contributed by atoms with E-state index in [1.807, 2.05) is 0 Å². The zero-order valence-electron chi connectivity index (χ0n) is 19.8. The SMILES string of the molecule is CCOc1cc(C2C(C(=O)c3cccs3)=C(O)C(=O)N2c2nnc(SCc3ccc(F)cc3)s2)ccc1O. The predicted octanol–water partition coefficient (Wildman–Crippen LogP) is 5.92. The van der Waals surface area contributed by atoms with Gasteiger partial charge in [-0.3, -0.25) is 14.5 Å². The number of halogens is 1. The largest absolute Gasteiger partial charge is 0.504 e. The maximum absolute atomic E-state index is 13.5. The minimum atomic E-state index is -1.03. The molecule has 0 fully saturated rings. The number of carbonyl (C=O) groups is 2. The van der Waals surface area contributed by atoms with Crippen molar-refractivity contribution in [3.05, 3.63) is 93.1 Å². The number of phenols is 1. The second-order valence-corrected chi connectivity index (χ2v) is 11.2. The van der Waals surface area contributed by atoms with Crippen molar-refractivity contribution in [3.8, 4) is 11.5 Å². The van der Waals surface area contributed by atoms with Gasteiger partial charge in [0.05, 0.1) is 23.1 Å². The van der Waals surface area contributed by atoms with Crippen molar-refractivity contribution in [2.24, 2.45) is 0 Å². The Morgan fingerprint density at radius 3 is 2.66 bits per heavy atom. The van der Waals surface area contributed by atoms with Crippen LogP contribution in [0.2, 0.25) is 0 Å². The highest BCUT2D eigenvalue weighted by molar-refractivity contribution is 8.00. The number of Topliss-reactive ketones (excluding diaryl/α,β-unsaturated/α-hetero) is 1. The number of aliphatic hydroxyl groups excluding tert-OH is 1. The molecule has 0 saturated heterocycles. The van der Waals surface area contributed by atoms with Crippen LogP contribution in [0.5, 0.6) is 11.5 Å². The van der Waals surface area contributed by atoms with E-state index in [2.05, 4.69) is 10.2 Å². The lowest BCUT2D eigenvalue weighted by Crippen LogP contribution is -2.31. The van der Waals surface area contributed by atoms with Crippen molar-refractivity contribution < 1.29 is 28.9 Å². The molecule has 0 spiro atoms. The number of anilines is 1. The predicted molar refractivity (Wildman–Crippen MR) is 144 cm³/mol. The number of benzene rings is 2. The minimum Gasteiger partial charge on any atom is -0.504 e. The summed E-state index contributed by atoms with van der Waals surface area (Å²) in [5.74, 6) is -1.67. The summed E-state index contributed by atoms with van der Waals surface area (Å²) in [5, 5.41) is 31.4. The fraction of sp³-hybridized carbons (Fsp3) is 0.154. The number of aromatic hydroxyl groups is 1. The van der Waals surface area contributed by atoms with Gasteiger partial charge in [-0.2, -0.15) is 0 Å². The van der Waals surface area contributed by atoms with Gasteiger partial charge in [0.2, 0.25) is 10.9 Å². The number of aromatic nitrogens is 2. The third kappa shape index (κ3) is 5.02. The average molecular weight is 570 g/mol. The summed E-state index contributed by atoms with van der Waals surface area (Å²) < 4.78 is 19.3. The van der Waals surface area contributed by atoms with Crippen molar-refractivity contribution >= 4 is 51.3 Å². The first-order chi connectivity index (χ1) is 18.4. The zero-order valence-corrected chi connectivity index (χ0v) is 22.3. The molecular weight excluding hydrogens is 550 g/mol. The number of ether oxygens (including phenoxy) is 1. The summed E-state index contributed by atoms with van der Waals surface area (Å²) in [6.07, 6.45) is 0. The van der Waals surface area contributed by atoms with Crippen LogP contribution in [-0.2, 0) is 10.5 Å². The highest BCUT2D eigenvalue weighted by Gasteiger charge is 2.46. The van der Waals surface area contributed by atoms with Crippen molar-refractivity contribution in [1.29, 1.82) is 0 Å². The molecule has 1 aliphatic rings. The van der Waals surface area contributed by atoms with E-state index in [0.717, 1.165) is 16.9 Å². The van der Waals surface area contributed by atoms with E-state index in [0.29, 0.717) is 20.5 Å². The highest BCUT2D eigenvalue weighted by Crippen LogP contribution is 2.45. The lowest BCUT2D eigenvalue weighted by Gasteiger charge is -2.24. The standard InChI is InChI=1S/C26H20FN3O5S3/c1-2-35-18-12-15(7-10-17(18)31)21-20(22(32)19-4-3-11-36-19)23(33)24(34)30(21)25-28-29-26(38-25)37-13-14-5-8-16(27)9-6-14/h3-12,21,31,33H,2,13H2,1H3. The number of aliphatic hydroxyl groups is 1. The van der Waals surface area contributed by atoms with Gasteiger partial charge >= 0.3 is 0 Å². The van der Waals surface area contributed by atoms with Crippen LogP contribution in [0.25, 0.3) is 0 Å². The number of hydrogen-bond donors (Lipinski definition) is 2. The van der Waals surface area contributed by atoms with Gasteiger partial charge in [0.1, 0.15) is 5.82 Å². The summed E-state index contributed by atoms with van der Waals surface area (Å²) in [7, 11) is 0. The van der Waals surface area contributed by atoms with Crippen molar-refractivity contribution in [2.75, 3.05) is 11.5 Å². The Kier molecular flexibility index (Phi) is 7.45. The first kappa shape index (κ1) is 25.9. The van der Waals surface area contributed by atoms with Gasteiger partial charge in [-0.25, -0.2) is 4.39 Å². The Morgan fingerprint density at radius 1 is 1.16 bits per heavy atom. The van der Waals surface area contributed by atoms with Crippen LogP contribution in [0.15, 0.2) is 75.6 Å². The molecule has 2 aromatic heterocycles. The normalized spacial score (nSPS) is 15.4. The maximum atomic E-state index is 13.5. The smallest absolute Gasteiger partial charge is 0.296 e. The van der Waals surface area contributed by atoms with E-state index in [1.165, 1.54) is 52.3 Å². The fourth-order valence-corrected chi connectivity index (χ4v) is 6.45. The van der Waals surface area contributed by atoms with E-state index in [4.69, 9.17) is 4.74 Å². The fourth-order valence-electron chi connectivity index (χ4n) is 3.95. The molecule has 1 atom stereocenters. The Balaban J connectivity index is 1.51. The number of amides is 1. The third-order valence-corrected chi connectivity index (χ3v) is 8.67. The summed E-state index contributed by atoms with van der Waals surface area (Å²) in [6.45, 7) is 2.05. The van der Waals surface area contributed by atoms with Crippen molar-refractivity contribution in [3.63, 3.8) is 0 Å². The molecule has 4 aromatic rings. The number of rotatable bonds is 9. The topological polar surface area (TPSA) is 113 Å². The molecule has 12 heteroatoms. The van der Waals surface area contributed by atoms with Crippen LogP contribution >= 0.6 is 34.4 Å². The number of nitrogens with zero attached hydrogens (tertiary/aromatic N) is 3. The van der Waals surface area contributed by atoms with E-state index in [-0.39, 0.29) is 34.6 Å². The second kappa shape index (κ2) is 10.9. The molecule has 0 radical (unpaired) electrons. The summed E-state index contributed by atoms with van der Waals surface area (Å²) in [4.78, 5) is 28.4. The molecule has 8 nitrogen and oxygen atoms in total. The lowest BCUT2D eigenvalue weighted by atomic mass is 9.95. The lowest BCUT2D eigenvalue weighted by molar-refractivity contribution is -0.117. The third-order valence-electron chi connectivity index (χ3n) is 5.67. The number of thiophene rings is 1. The van der Waals surface area contributed by atoms with Crippen LogP contribution in [0, 0.1) is 5.82 Å². The van der Waals surface area contributed by atoms with Gasteiger partial charge in [-0.05, 0) is 53.8 Å². The van der Waals surface area contributed by atoms with Crippen LogP contribution in [0.3, 0.4) is 0 Å². The zero-order chi connectivity index (χ0) is 26.8. The molecule has 0 bridgehead atoms. The molecule has 2 N–H and O–H groups in total. The Morgan fingerprint density at radius 2 is 1.95 bits per heavy atom. The Hall–Kier alpha value is -3.74. The molecule has 3 heterocycles. The van der Waals surface area contributed by atoms with Gasteiger partial charge in [0, 0.05) is 5.75 Å². The first-order valence-corrected chi connectivity index (χ1v) is 14.1. The molecule has 194 valence electrons. The summed E-state index contributed by atoms with van der Waals surface area (Å²) in [5.41, 5.74) is 1.24. The number of phenolic OH excluding ortho intramolecular Hbond substituents is 1. The van der Waals surface area contributed by atoms with Gasteiger partial charge in [-0.15, -0.1) is 21.5 Å². The van der Waals surface area contributed by atoms with Gasteiger partial charge in [0.25, 0.3) is 5.91 Å². The van der Waals surface area contributed by atoms with Gasteiger partial charge in [-0.1, -0.05) is 47.4 Å². The molecular formula is C26H20FN3O5S3. The Labute approximate surface area is 229 Å². The number of hydrogen-bond acceptors (Lipinski definition) is 10. The first-order valence-electron chi connectivity index (χ1n) is 11.4. The molecule has 1 unspecified atom stereocenters. The van der Waals surface area contributed by atoms with E-state index >= 15 is 0 Å². The molecule has 0 aliphatic carbocycles. The molecule has 5 rings (SSSR count). The molecule has 1 aliphatic heterocycles. The number of carbonyl (C=O) groups excluding carboxylic acids is 2. The Bertz CT molecular complexity index is 1520. The van der Waals surface area contributed by atoms with Gasteiger partial charge < -0.3 is 14.9 Å². The maximum Gasteiger partial charge on any atom is 0.296 e. The molecule has 38 heavy (non-hydrogen) atoms. The quantitative estimate of drug-likeness (QED) is 0.145. The van der Waals surface area contributed by atoms with Gasteiger partial charge in [0.15, 0.2) is 21.6 Å². The molecule has 1 amide bonds. The monoisotopic (exact) mass is 569 g/mol. The molecule has 0 saturated carbocycles. The van der Waals surface area contributed by atoms with Crippen molar-refractivity contribution in [1.82, 2.24) is 10.2 Å². The average Bonchev–Trinajstić information content (AvgIpc) is 3.66. The van der Waals surface area contributed by atoms with E-state index in [1.54, 1.807) is 42.6 Å².